The topological polar surface area (TPSA) is 68.2 Å². The van der Waals surface area contributed by atoms with Gasteiger partial charge >= 0.3 is 0 Å². The lowest BCUT2D eigenvalue weighted by molar-refractivity contribution is 0.195. The van der Waals surface area contributed by atoms with Crippen molar-refractivity contribution in [3.8, 4) is 0 Å². The Morgan fingerprint density at radius 2 is 2.50 bits per heavy atom. The third-order valence-corrected chi connectivity index (χ3v) is 2.48. The highest BCUT2D eigenvalue weighted by Crippen LogP contribution is 2.10. The van der Waals surface area contributed by atoms with Gasteiger partial charge < -0.3 is 10.3 Å². The fourth-order valence-electron chi connectivity index (χ4n) is 1.84. The van der Waals surface area contributed by atoms with E-state index in [1.54, 1.807) is 6.92 Å². The van der Waals surface area contributed by atoms with E-state index in [0.29, 0.717) is 11.9 Å². The van der Waals surface area contributed by atoms with Crippen LogP contribution in [0, 0.1) is 6.92 Å². The van der Waals surface area contributed by atoms with E-state index in [1.807, 2.05) is 0 Å². The molecule has 2 heterocycles. The minimum absolute atomic E-state index is 0.303. The van der Waals surface area contributed by atoms with Crippen LogP contribution < -0.4 is 5.73 Å². The van der Waals surface area contributed by atoms with Crippen molar-refractivity contribution >= 4 is 0 Å². The smallest absolute Gasteiger partial charge is 0.223 e. The minimum atomic E-state index is 0.303. The first-order chi connectivity index (χ1) is 6.74. The van der Waals surface area contributed by atoms with Crippen molar-refractivity contribution in [1.82, 2.24) is 15.0 Å². The van der Waals surface area contributed by atoms with Crippen LogP contribution in [-0.4, -0.2) is 34.2 Å². The lowest BCUT2D eigenvalue weighted by atomic mass is 10.1. The van der Waals surface area contributed by atoms with Gasteiger partial charge in [-0.2, -0.15) is 4.98 Å². The second kappa shape index (κ2) is 4.06. The normalized spacial score (nSPS) is 24.0. The minimum Gasteiger partial charge on any atom is -0.340 e. The van der Waals surface area contributed by atoms with Gasteiger partial charge in [0.25, 0.3) is 0 Å². The second-order valence-corrected chi connectivity index (χ2v) is 3.87. The van der Waals surface area contributed by atoms with E-state index in [0.717, 1.165) is 38.3 Å². The molecule has 1 aromatic heterocycles. The van der Waals surface area contributed by atoms with Gasteiger partial charge in [-0.05, 0) is 19.4 Å². The van der Waals surface area contributed by atoms with Crippen LogP contribution in [0.25, 0.3) is 0 Å². The second-order valence-electron chi connectivity index (χ2n) is 3.87. The number of hydrogen-bond acceptors (Lipinski definition) is 5. The van der Waals surface area contributed by atoms with Crippen molar-refractivity contribution in [2.24, 2.45) is 5.73 Å². The zero-order valence-corrected chi connectivity index (χ0v) is 8.44. The summed E-state index contributed by atoms with van der Waals surface area (Å²) in [6.07, 6.45) is 2.29. The SMILES string of the molecule is Cc1nc(CN2CCCC(N)C2)no1. The van der Waals surface area contributed by atoms with E-state index in [-0.39, 0.29) is 0 Å². The van der Waals surface area contributed by atoms with Crippen molar-refractivity contribution in [3.63, 3.8) is 0 Å². The van der Waals surface area contributed by atoms with Crippen LogP contribution in [0.1, 0.15) is 24.6 Å². The Morgan fingerprint density at radius 3 is 3.14 bits per heavy atom. The van der Waals surface area contributed by atoms with E-state index < -0.39 is 0 Å². The van der Waals surface area contributed by atoms with Crippen LogP contribution in [0.5, 0.6) is 0 Å². The molecule has 0 spiro atoms. The number of nitrogens with zero attached hydrogens (tertiary/aromatic N) is 3. The molecule has 1 unspecified atom stereocenters. The Balaban J connectivity index is 1.90. The van der Waals surface area contributed by atoms with Gasteiger partial charge in [-0.3, -0.25) is 4.90 Å². The predicted molar refractivity (Wildman–Crippen MR) is 51.5 cm³/mol. The highest BCUT2D eigenvalue weighted by Gasteiger charge is 2.18. The van der Waals surface area contributed by atoms with Crippen molar-refractivity contribution in [1.29, 1.82) is 0 Å². The number of likely N-dealkylation sites (tertiary alicyclic amines) is 1. The Bertz CT molecular complexity index is 299. The summed E-state index contributed by atoms with van der Waals surface area (Å²) in [5, 5.41) is 3.87. The highest BCUT2D eigenvalue weighted by atomic mass is 16.5. The quantitative estimate of drug-likeness (QED) is 0.736. The van der Waals surface area contributed by atoms with Crippen LogP contribution in [0.2, 0.25) is 0 Å². The zero-order chi connectivity index (χ0) is 9.97. The molecule has 2 rings (SSSR count). The molecule has 5 nitrogen and oxygen atoms in total. The summed E-state index contributed by atoms with van der Waals surface area (Å²) in [7, 11) is 0. The monoisotopic (exact) mass is 196 g/mol. The largest absolute Gasteiger partial charge is 0.340 e. The third kappa shape index (κ3) is 2.30. The Hall–Kier alpha value is -0.940. The summed E-state index contributed by atoms with van der Waals surface area (Å²) in [4.78, 5) is 6.45. The van der Waals surface area contributed by atoms with Crippen LogP contribution in [0.15, 0.2) is 4.52 Å². The maximum Gasteiger partial charge on any atom is 0.223 e. The molecule has 78 valence electrons. The summed E-state index contributed by atoms with van der Waals surface area (Å²) < 4.78 is 4.91. The van der Waals surface area contributed by atoms with Gasteiger partial charge in [0, 0.05) is 19.5 Å². The summed E-state index contributed by atoms with van der Waals surface area (Å²) >= 11 is 0. The standard InChI is InChI=1S/C9H16N4O/c1-7-11-9(12-14-7)6-13-4-2-3-8(10)5-13/h8H,2-6,10H2,1H3. The van der Waals surface area contributed by atoms with Gasteiger partial charge in [0.05, 0.1) is 6.54 Å². The molecule has 0 amide bonds. The molecule has 14 heavy (non-hydrogen) atoms. The number of aryl methyl sites for hydroxylation is 1. The number of nitrogens with two attached hydrogens (primary N) is 1. The van der Waals surface area contributed by atoms with E-state index >= 15 is 0 Å². The first-order valence-corrected chi connectivity index (χ1v) is 5.01. The molecule has 1 saturated heterocycles. The predicted octanol–water partition coefficient (Wildman–Crippen LogP) is 0.301. The number of rotatable bonds is 2. The molecular weight excluding hydrogens is 180 g/mol. The number of piperidine rings is 1. The first-order valence-electron chi connectivity index (χ1n) is 5.01. The molecule has 0 radical (unpaired) electrons. The maximum atomic E-state index is 5.88. The lowest BCUT2D eigenvalue weighted by Crippen LogP contribution is -2.42. The molecule has 0 aliphatic carbocycles. The first kappa shape index (κ1) is 9.61. The van der Waals surface area contributed by atoms with E-state index in [2.05, 4.69) is 15.0 Å². The molecule has 1 aliphatic rings. The fourth-order valence-corrected chi connectivity index (χ4v) is 1.84. The molecule has 0 saturated carbocycles. The summed E-state index contributed by atoms with van der Waals surface area (Å²) in [5.74, 6) is 1.39. The Morgan fingerprint density at radius 1 is 1.64 bits per heavy atom. The van der Waals surface area contributed by atoms with Crippen LogP contribution >= 0.6 is 0 Å². The molecule has 1 atom stereocenters. The molecule has 1 fully saturated rings. The van der Waals surface area contributed by atoms with E-state index in [9.17, 15) is 0 Å². The zero-order valence-electron chi connectivity index (χ0n) is 8.44. The summed E-state index contributed by atoms with van der Waals surface area (Å²) in [5.41, 5.74) is 5.88. The molecule has 0 aromatic carbocycles. The maximum absolute atomic E-state index is 5.88. The van der Waals surface area contributed by atoms with Gasteiger partial charge in [0.2, 0.25) is 5.89 Å². The number of hydrogen-bond donors (Lipinski definition) is 1. The van der Waals surface area contributed by atoms with Crippen molar-refractivity contribution < 1.29 is 4.52 Å². The van der Waals surface area contributed by atoms with Gasteiger partial charge in [-0.1, -0.05) is 5.16 Å². The molecular formula is C9H16N4O. The Kier molecular flexibility index (Phi) is 2.79. The van der Waals surface area contributed by atoms with E-state index in [1.165, 1.54) is 0 Å². The van der Waals surface area contributed by atoms with Crippen LogP contribution in [0.4, 0.5) is 0 Å². The van der Waals surface area contributed by atoms with Crippen molar-refractivity contribution in [3.05, 3.63) is 11.7 Å². The molecule has 1 aliphatic heterocycles. The number of aromatic nitrogens is 2. The summed E-state index contributed by atoms with van der Waals surface area (Å²) in [6, 6.07) is 0.303. The average Bonchev–Trinajstić information content (AvgIpc) is 2.51. The molecule has 1 aromatic rings. The van der Waals surface area contributed by atoms with E-state index in [4.69, 9.17) is 10.3 Å². The molecule has 0 bridgehead atoms. The van der Waals surface area contributed by atoms with Crippen molar-refractivity contribution in [2.75, 3.05) is 13.1 Å². The summed E-state index contributed by atoms with van der Waals surface area (Å²) in [6.45, 7) is 4.58. The van der Waals surface area contributed by atoms with Gasteiger partial charge in [-0.15, -0.1) is 0 Å². The van der Waals surface area contributed by atoms with Gasteiger partial charge in [0.1, 0.15) is 0 Å². The highest BCUT2D eigenvalue weighted by molar-refractivity contribution is 4.86. The molecule has 2 N–H and O–H groups in total. The average molecular weight is 196 g/mol. The van der Waals surface area contributed by atoms with Gasteiger partial charge in [-0.25, -0.2) is 0 Å². The van der Waals surface area contributed by atoms with Crippen molar-refractivity contribution in [2.45, 2.75) is 32.4 Å². The fraction of sp³-hybridized carbons (Fsp3) is 0.778. The van der Waals surface area contributed by atoms with Crippen LogP contribution in [-0.2, 0) is 6.54 Å². The molecule has 5 heteroatoms. The third-order valence-electron chi connectivity index (χ3n) is 2.48. The van der Waals surface area contributed by atoms with Crippen LogP contribution in [0.3, 0.4) is 0 Å². The lowest BCUT2D eigenvalue weighted by Gasteiger charge is -2.29. The Labute approximate surface area is 83.3 Å². The van der Waals surface area contributed by atoms with Gasteiger partial charge in [0.15, 0.2) is 5.82 Å².